The maximum Gasteiger partial charge on any atom is 0.256 e. The van der Waals surface area contributed by atoms with Crippen molar-refractivity contribution >= 4 is 29.0 Å². The summed E-state index contributed by atoms with van der Waals surface area (Å²) >= 11 is 5.61. The Balaban J connectivity index is 1.67. The number of anilines is 2. The molecular weight excluding hydrogens is 319 g/mol. The van der Waals surface area contributed by atoms with Gasteiger partial charge in [0.15, 0.2) is 0 Å². The van der Waals surface area contributed by atoms with Crippen LogP contribution >= 0.6 is 11.6 Å². The molecule has 2 heterocycles. The largest absolute Gasteiger partial charge is 0.368 e. The molecule has 1 saturated heterocycles. The lowest BCUT2D eigenvalue weighted by atomic mass is 10.2. The Morgan fingerprint density at radius 3 is 2.70 bits per heavy atom. The van der Waals surface area contributed by atoms with Crippen molar-refractivity contribution in [3.05, 3.63) is 52.9 Å². The van der Waals surface area contributed by atoms with E-state index < -0.39 is 11.7 Å². The molecule has 0 radical (unpaired) electrons. The zero-order chi connectivity index (χ0) is 16.2. The quantitative estimate of drug-likeness (QED) is 0.905. The molecule has 1 aliphatic rings. The Labute approximate surface area is 138 Å². The van der Waals surface area contributed by atoms with Gasteiger partial charge in [0.05, 0.1) is 16.9 Å². The zero-order valence-corrected chi connectivity index (χ0v) is 13.1. The number of amides is 1. The molecule has 0 spiro atoms. The number of hydrogen-bond acceptors (Lipinski definition) is 4. The van der Waals surface area contributed by atoms with Gasteiger partial charge in [-0.15, -0.1) is 0 Å². The Morgan fingerprint density at radius 2 is 2.04 bits per heavy atom. The maximum atomic E-state index is 13.4. The number of halogens is 2. The molecule has 7 heteroatoms. The van der Waals surface area contributed by atoms with Crippen molar-refractivity contribution in [2.75, 3.05) is 36.4 Å². The Bertz CT molecular complexity index is 702. The minimum Gasteiger partial charge on any atom is -0.368 e. The van der Waals surface area contributed by atoms with Crippen molar-refractivity contribution < 1.29 is 9.18 Å². The molecule has 1 fully saturated rings. The first-order chi connectivity index (χ1) is 11.1. The van der Waals surface area contributed by atoms with Gasteiger partial charge in [0.2, 0.25) is 0 Å². The Hall–Kier alpha value is -2.18. The summed E-state index contributed by atoms with van der Waals surface area (Å²) in [5.74, 6) is -0.631. The molecule has 23 heavy (non-hydrogen) atoms. The number of carbonyl (C=O) groups is 1. The number of piperazine rings is 1. The number of aromatic nitrogens is 1. The second kappa shape index (κ2) is 6.93. The maximum absolute atomic E-state index is 13.4. The summed E-state index contributed by atoms with van der Waals surface area (Å²) in [6.07, 6.45) is 1.73. The number of nitrogens with zero attached hydrogens (tertiary/aromatic N) is 2. The number of carbonyl (C=O) groups excluding carboxylic acids is 1. The van der Waals surface area contributed by atoms with Crippen LogP contribution in [0.4, 0.5) is 15.9 Å². The fourth-order valence-electron chi connectivity index (χ4n) is 2.40. The molecule has 2 N–H and O–H groups in total. The second-order valence-electron chi connectivity index (χ2n) is 5.22. The first-order valence-corrected chi connectivity index (χ1v) is 7.69. The van der Waals surface area contributed by atoms with Crippen LogP contribution in [0, 0.1) is 5.82 Å². The molecule has 0 bridgehead atoms. The number of benzene rings is 1. The van der Waals surface area contributed by atoms with Crippen LogP contribution in [0.1, 0.15) is 10.4 Å². The van der Waals surface area contributed by atoms with Gasteiger partial charge >= 0.3 is 0 Å². The lowest BCUT2D eigenvalue weighted by molar-refractivity contribution is 0.102. The fraction of sp³-hybridized carbons (Fsp3) is 0.250. The van der Waals surface area contributed by atoms with Crippen LogP contribution in [0.15, 0.2) is 36.5 Å². The van der Waals surface area contributed by atoms with Gasteiger partial charge in [0, 0.05) is 31.7 Å². The van der Waals surface area contributed by atoms with Crippen LogP contribution in [0.25, 0.3) is 0 Å². The van der Waals surface area contributed by atoms with Crippen molar-refractivity contribution in [3.63, 3.8) is 0 Å². The molecule has 0 aliphatic carbocycles. The fourth-order valence-corrected chi connectivity index (χ4v) is 2.51. The molecule has 1 aromatic heterocycles. The van der Waals surface area contributed by atoms with E-state index in [2.05, 4.69) is 20.5 Å². The lowest BCUT2D eigenvalue weighted by Gasteiger charge is -2.29. The number of rotatable bonds is 3. The molecular formula is C16H16ClFN4O. The normalized spacial score (nSPS) is 14.6. The van der Waals surface area contributed by atoms with Crippen molar-refractivity contribution in [2.45, 2.75) is 0 Å². The van der Waals surface area contributed by atoms with E-state index in [1.54, 1.807) is 12.3 Å². The SMILES string of the molecule is O=C(Nc1ccc(N2CCNCC2)cn1)c1ccc(Cl)c(F)c1. The van der Waals surface area contributed by atoms with E-state index in [0.717, 1.165) is 37.9 Å². The van der Waals surface area contributed by atoms with Gasteiger partial charge in [-0.3, -0.25) is 4.79 Å². The summed E-state index contributed by atoms with van der Waals surface area (Å²) in [5.41, 5.74) is 1.21. The van der Waals surface area contributed by atoms with E-state index in [1.807, 2.05) is 6.07 Å². The van der Waals surface area contributed by atoms with Crippen molar-refractivity contribution in [1.29, 1.82) is 0 Å². The van der Waals surface area contributed by atoms with E-state index in [-0.39, 0.29) is 10.6 Å². The van der Waals surface area contributed by atoms with Gasteiger partial charge in [-0.2, -0.15) is 0 Å². The minimum atomic E-state index is -0.624. The summed E-state index contributed by atoms with van der Waals surface area (Å²) < 4.78 is 13.4. The predicted octanol–water partition coefficient (Wildman–Crippen LogP) is 2.54. The summed E-state index contributed by atoms with van der Waals surface area (Å²) in [7, 11) is 0. The van der Waals surface area contributed by atoms with Crippen molar-refractivity contribution in [2.24, 2.45) is 0 Å². The van der Waals surface area contributed by atoms with Gasteiger partial charge in [-0.1, -0.05) is 11.6 Å². The topological polar surface area (TPSA) is 57.3 Å². The van der Waals surface area contributed by atoms with E-state index in [1.165, 1.54) is 12.1 Å². The summed E-state index contributed by atoms with van der Waals surface area (Å²) in [6.45, 7) is 3.75. The van der Waals surface area contributed by atoms with E-state index in [9.17, 15) is 9.18 Å². The van der Waals surface area contributed by atoms with Crippen LogP contribution in [0.3, 0.4) is 0 Å². The molecule has 3 rings (SSSR count). The van der Waals surface area contributed by atoms with Crippen LogP contribution in [-0.4, -0.2) is 37.1 Å². The van der Waals surface area contributed by atoms with Crippen LogP contribution < -0.4 is 15.5 Å². The molecule has 0 saturated carbocycles. The molecule has 1 aromatic carbocycles. The second-order valence-corrected chi connectivity index (χ2v) is 5.63. The van der Waals surface area contributed by atoms with E-state index in [0.29, 0.717) is 5.82 Å². The third-order valence-electron chi connectivity index (χ3n) is 3.65. The Morgan fingerprint density at radius 1 is 1.26 bits per heavy atom. The molecule has 5 nitrogen and oxygen atoms in total. The molecule has 120 valence electrons. The smallest absolute Gasteiger partial charge is 0.256 e. The highest BCUT2D eigenvalue weighted by atomic mass is 35.5. The van der Waals surface area contributed by atoms with Crippen LogP contribution in [0.5, 0.6) is 0 Å². The highest BCUT2D eigenvalue weighted by Crippen LogP contribution is 2.18. The van der Waals surface area contributed by atoms with Crippen molar-refractivity contribution in [1.82, 2.24) is 10.3 Å². The highest BCUT2D eigenvalue weighted by molar-refractivity contribution is 6.30. The molecule has 0 atom stereocenters. The number of pyridine rings is 1. The van der Waals surface area contributed by atoms with Gasteiger partial charge < -0.3 is 15.5 Å². The predicted molar refractivity (Wildman–Crippen MR) is 88.7 cm³/mol. The van der Waals surface area contributed by atoms with Gasteiger partial charge in [0.25, 0.3) is 5.91 Å². The first-order valence-electron chi connectivity index (χ1n) is 7.31. The zero-order valence-electron chi connectivity index (χ0n) is 12.4. The third-order valence-corrected chi connectivity index (χ3v) is 3.96. The number of nitrogens with one attached hydrogen (secondary N) is 2. The van der Waals surface area contributed by atoms with Crippen LogP contribution in [-0.2, 0) is 0 Å². The van der Waals surface area contributed by atoms with Gasteiger partial charge in [0.1, 0.15) is 11.6 Å². The summed E-state index contributed by atoms with van der Waals surface area (Å²) in [4.78, 5) is 18.6. The minimum absolute atomic E-state index is 0.0138. The van der Waals surface area contributed by atoms with Gasteiger partial charge in [-0.05, 0) is 30.3 Å². The van der Waals surface area contributed by atoms with Crippen molar-refractivity contribution in [3.8, 4) is 0 Å². The highest BCUT2D eigenvalue weighted by Gasteiger charge is 2.12. The average molecular weight is 335 g/mol. The van der Waals surface area contributed by atoms with Crippen LogP contribution in [0.2, 0.25) is 5.02 Å². The molecule has 1 amide bonds. The molecule has 2 aromatic rings. The molecule has 1 aliphatic heterocycles. The van der Waals surface area contributed by atoms with E-state index in [4.69, 9.17) is 11.6 Å². The summed E-state index contributed by atoms with van der Waals surface area (Å²) in [5, 5.41) is 5.92. The standard InChI is InChI=1S/C16H16ClFN4O/c17-13-3-1-11(9-14(13)18)16(23)21-15-4-2-12(10-20-15)22-7-5-19-6-8-22/h1-4,9-10,19H,5-8H2,(H,20,21,23). The summed E-state index contributed by atoms with van der Waals surface area (Å²) in [6, 6.07) is 7.58. The first kappa shape index (κ1) is 15.7. The Kier molecular flexibility index (Phi) is 4.73. The average Bonchev–Trinajstić information content (AvgIpc) is 2.59. The number of hydrogen-bond donors (Lipinski definition) is 2. The third kappa shape index (κ3) is 3.78. The van der Waals surface area contributed by atoms with Gasteiger partial charge in [-0.25, -0.2) is 9.37 Å². The molecule has 0 unspecified atom stereocenters. The van der Waals surface area contributed by atoms with E-state index >= 15 is 0 Å². The monoisotopic (exact) mass is 334 g/mol. The lowest BCUT2D eigenvalue weighted by Crippen LogP contribution is -2.43.